The number of aryl methyl sites for hydroxylation is 1. The largest absolute Gasteiger partial charge is 0.364 e. The quantitative estimate of drug-likeness (QED) is 0.716. The minimum Gasteiger partial charge on any atom is -0.364 e. The molecule has 0 aliphatic heterocycles. The normalized spacial score (nSPS) is 10.7. The van der Waals surface area contributed by atoms with Crippen LogP contribution in [0.3, 0.4) is 0 Å². The molecule has 0 unspecified atom stereocenters. The van der Waals surface area contributed by atoms with Crippen molar-refractivity contribution in [1.82, 2.24) is 9.78 Å². The lowest BCUT2D eigenvalue weighted by atomic mass is 10.1. The number of hydrogen-bond donors (Lipinski definition) is 3. The van der Waals surface area contributed by atoms with E-state index >= 15 is 0 Å². The summed E-state index contributed by atoms with van der Waals surface area (Å²) in [7, 11) is 0. The van der Waals surface area contributed by atoms with Crippen molar-refractivity contribution in [3.63, 3.8) is 0 Å². The van der Waals surface area contributed by atoms with Gasteiger partial charge in [0.2, 0.25) is 5.91 Å². The number of primary amides is 1. The third-order valence-corrected chi connectivity index (χ3v) is 3.90. The Kier molecular flexibility index (Phi) is 5.99. The summed E-state index contributed by atoms with van der Waals surface area (Å²) in [5.41, 5.74) is 6.03. The first kappa shape index (κ1) is 19.5. The number of halogens is 1. The fourth-order valence-corrected chi connectivity index (χ4v) is 2.31. The molecule has 0 aliphatic carbocycles. The van der Waals surface area contributed by atoms with E-state index < -0.39 is 11.8 Å². The topological polar surface area (TPSA) is 119 Å². The molecule has 0 bridgehead atoms. The molecule has 1 heterocycles. The van der Waals surface area contributed by atoms with Crippen LogP contribution in [0.25, 0.3) is 0 Å². The van der Waals surface area contributed by atoms with Crippen molar-refractivity contribution >= 4 is 40.7 Å². The fraction of sp³-hybridized carbons (Fsp3) is 0.294. The average molecular weight is 378 g/mol. The second-order valence-corrected chi connectivity index (χ2v) is 6.31. The second-order valence-electron chi connectivity index (χ2n) is 5.90. The Balaban J connectivity index is 2.28. The standard InChI is InChI=1S/C17H20ClN5O3/c1-4-23-8-13(14(22-23)15(19)24)21-17(26)11-7-10(5-6-12(11)18)20-16(25)9(2)3/h5-9H,4H2,1-3H3,(H2,19,24)(H,20,25)(H,21,26). The highest BCUT2D eigenvalue weighted by molar-refractivity contribution is 6.34. The first-order valence-corrected chi connectivity index (χ1v) is 8.39. The van der Waals surface area contributed by atoms with Gasteiger partial charge in [-0.15, -0.1) is 0 Å². The lowest BCUT2D eigenvalue weighted by Crippen LogP contribution is -2.20. The number of carbonyl (C=O) groups is 3. The van der Waals surface area contributed by atoms with Gasteiger partial charge in [0.05, 0.1) is 16.3 Å². The number of hydrogen-bond acceptors (Lipinski definition) is 4. The molecule has 0 radical (unpaired) electrons. The van der Waals surface area contributed by atoms with Crippen LogP contribution in [0, 0.1) is 5.92 Å². The molecule has 4 N–H and O–H groups in total. The van der Waals surface area contributed by atoms with Crippen molar-refractivity contribution in [3.05, 3.63) is 40.7 Å². The van der Waals surface area contributed by atoms with Gasteiger partial charge < -0.3 is 16.4 Å². The molecule has 2 rings (SSSR count). The Morgan fingerprint density at radius 2 is 1.96 bits per heavy atom. The molecule has 9 heteroatoms. The summed E-state index contributed by atoms with van der Waals surface area (Å²) in [6.07, 6.45) is 1.51. The summed E-state index contributed by atoms with van der Waals surface area (Å²) in [6.45, 7) is 5.86. The van der Waals surface area contributed by atoms with Crippen LogP contribution >= 0.6 is 11.6 Å². The SMILES string of the molecule is CCn1cc(NC(=O)c2cc(NC(=O)C(C)C)ccc2Cl)c(C(N)=O)n1. The van der Waals surface area contributed by atoms with Crippen molar-refractivity contribution in [1.29, 1.82) is 0 Å². The smallest absolute Gasteiger partial charge is 0.271 e. The number of aromatic nitrogens is 2. The monoisotopic (exact) mass is 377 g/mol. The fourth-order valence-electron chi connectivity index (χ4n) is 2.11. The Hall–Kier alpha value is -2.87. The zero-order valence-corrected chi connectivity index (χ0v) is 15.4. The summed E-state index contributed by atoms with van der Waals surface area (Å²) in [4.78, 5) is 35.9. The maximum atomic E-state index is 12.6. The molecule has 8 nitrogen and oxygen atoms in total. The first-order chi connectivity index (χ1) is 12.2. The number of nitrogens with one attached hydrogen (secondary N) is 2. The van der Waals surface area contributed by atoms with E-state index in [0.717, 1.165) is 0 Å². The van der Waals surface area contributed by atoms with Crippen LogP contribution in [0.15, 0.2) is 24.4 Å². The first-order valence-electron chi connectivity index (χ1n) is 8.02. The van der Waals surface area contributed by atoms with Crippen molar-refractivity contribution in [2.24, 2.45) is 11.7 Å². The van der Waals surface area contributed by atoms with E-state index in [1.54, 1.807) is 19.9 Å². The predicted molar refractivity (Wildman–Crippen MR) is 99.3 cm³/mol. The predicted octanol–water partition coefficient (Wildman–Crippen LogP) is 2.50. The van der Waals surface area contributed by atoms with Crippen LogP contribution in [0.2, 0.25) is 5.02 Å². The summed E-state index contributed by atoms with van der Waals surface area (Å²) >= 11 is 6.11. The van der Waals surface area contributed by atoms with E-state index in [4.69, 9.17) is 17.3 Å². The molecule has 0 spiro atoms. The van der Waals surface area contributed by atoms with Crippen molar-refractivity contribution in [3.8, 4) is 0 Å². The average Bonchev–Trinajstić information content (AvgIpc) is 2.99. The third kappa shape index (κ3) is 4.40. The number of rotatable bonds is 6. The summed E-state index contributed by atoms with van der Waals surface area (Å²) < 4.78 is 1.48. The molecule has 26 heavy (non-hydrogen) atoms. The summed E-state index contributed by atoms with van der Waals surface area (Å²) in [5.74, 6) is -1.69. The van der Waals surface area contributed by atoms with Crippen LogP contribution in [0.4, 0.5) is 11.4 Å². The Morgan fingerprint density at radius 3 is 2.54 bits per heavy atom. The molecule has 0 saturated carbocycles. The zero-order valence-electron chi connectivity index (χ0n) is 14.7. The molecule has 1 aromatic heterocycles. The summed E-state index contributed by atoms with van der Waals surface area (Å²) in [6, 6.07) is 4.58. The molecule has 3 amide bonds. The Morgan fingerprint density at radius 1 is 1.27 bits per heavy atom. The maximum Gasteiger partial charge on any atom is 0.271 e. The molecule has 1 aromatic carbocycles. The highest BCUT2D eigenvalue weighted by Crippen LogP contribution is 2.23. The van der Waals surface area contributed by atoms with Crippen molar-refractivity contribution < 1.29 is 14.4 Å². The number of amides is 3. The number of nitrogens with zero attached hydrogens (tertiary/aromatic N) is 2. The molecule has 138 valence electrons. The van der Waals surface area contributed by atoms with Gasteiger partial charge in [-0.2, -0.15) is 5.10 Å². The number of nitrogens with two attached hydrogens (primary N) is 1. The zero-order chi connectivity index (χ0) is 19.4. The van der Waals surface area contributed by atoms with E-state index in [-0.39, 0.29) is 33.8 Å². The molecular formula is C17H20ClN5O3. The van der Waals surface area contributed by atoms with E-state index in [1.807, 2.05) is 6.92 Å². The number of benzene rings is 1. The molecule has 0 aliphatic rings. The number of anilines is 2. The van der Waals surface area contributed by atoms with Gasteiger partial charge in [0, 0.05) is 24.3 Å². The van der Waals surface area contributed by atoms with E-state index in [9.17, 15) is 14.4 Å². The van der Waals surface area contributed by atoms with Gasteiger partial charge in [-0.25, -0.2) is 0 Å². The van der Waals surface area contributed by atoms with Crippen LogP contribution in [-0.4, -0.2) is 27.5 Å². The molecule has 0 fully saturated rings. The van der Waals surface area contributed by atoms with Gasteiger partial charge in [-0.3, -0.25) is 19.1 Å². The van der Waals surface area contributed by atoms with E-state index in [2.05, 4.69) is 15.7 Å². The van der Waals surface area contributed by atoms with Crippen molar-refractivity contribution in [2.75, 3.05) is 10.6 Å². The highest BCUT2D eigenvalue weighted by atomic mass is 35.5. The molecule has 0 saturated heterocycles. The van der Waals surface area contributed by atoms with E-state index in [0.29, 0.717) is 12.2 Å². The van der Waals surface area contributed by atoms with Crippen LogP contribution in [-0.2, 0) is 11.3 Å². The minimum atomic E-state index is -0.753. The van der Waals surface area contributed by atoms with Gasteiger partial charge in [0.15, 0.2) is 5.69 Å². The minimum absolute atomic E-state index is 0.0411. The van der Waals surface area contributed by atoms with E-state index in [1.165, 1.54) is 23.0 Å². The lowest BCUT2D eigenvalue weighted by molar-refractivity contribution is -0.118. The summed E-state index contributed by atoms with van der Waals surface area (Å²) in [5, 5.41) is 9.50. The van der Waals surface area contributed by atoms with Gasteiger partial charge in [0.25, 0.3) is 11.8 Å². The lowest BCUT2D eigenvalue weighted by Gasteiger charge is -2.11. The van der Waals surface area contributed by atoms with Crippen LogP contribution in [0.1, 0.15) is 41.6 Å². The van der Waals surface area contributed by atoms with Crippen LogP contribution in [0.5, 0.6) is 0 Å². The van der Waals surface area contributed by atoms with Gasteiger partial charge >= 0.3 is 0 Å². The van der Waals surface area contributed by atoms with Gasteiger partial charge in [-0.1, -0.05) is 25.4 Å². The van der Waals surface area contributed by atoms with Gasteiger partial charge in [0.1, 0.15) is 0 Å². The Labute approximate surface area is 155 Å². The second kappa shape index (κ2) is 8.01. The molecule has 2 aromatic rings. The van der Waals surface area contributed by atoms with Crippen LogP contribution < -0.4 is 16.4 Å². The van der Waals surface area contributed by atoms with Gasteiger partial charge in [-0.05, 0) is 25.1 Å². The molecular weight excluding hydrogens is 358 g/mol. The molecule has 0 atom stereocenters. The maximum absolute atomic E-state index is 12.6. The van der Waals surface area contributed by atoms with Crippen molar-refractivity contribution in [2.45, 2.75) is 27.3 Å². The Bertz CT molecular complexity index is 860. The highest BCUT2D eigenvalue weighted by Gasteiger charge is 2.19. The number of carbonyl (C=O) groups excluding carboxylic acids is 3. The third-order valence-electron chi connectivity index (χ3n) is 3.57.